The predicted molar refractivity (Wildman–Crippen MR) is 74.4 cm³/mol. The van der Waals surface area contributed by atoms with E-state index in [1.54, 1.807) is 0 Å². The van der Waals surface area contributed by atoms with Gasteiger partial charge in [-0.25, -0.2) is 17.1 Å². The van der Waals surface area contributed by atoms with Crippen LogP contribution in [0.3, 0.4) is 0 Å². The lowest BCUT2D eigenvalue weighted by Gasteiger charge is -2.34. The molecule has 0 heterocycles. The summed E-state index contributed by atoms with van der Waals surface area (Å²) >= 11 is 5.80. The number of halogens is 2. The van der Waals surface area contributed by atoms with Crippen molar-refractivity contribution in [2.24, 2.45) is 5.92 Å². The number of hydrogen-bond donors (Lipinski definition) is 2. The number of nitrogens with two attached hydrogens (primary N) is 1. The number of benzene rings is 1. The van der Waals surface area contributed by atoms with Crippen LogP contribution in [-0.2, 0) is 10.0 Å². The van der Waals surface area contributed by atoms with E-state index in [0.29, 0.717) is 12.8 Å². The van der Waals surface area contributed by atoms with Crippen molar-refractivity contribution >= 4 is 27.3 Å². The number of hydrogen-bond acceptors (Lipinski definition) is 4. The Balaban J connectivity index is 2.23. The van der Waals surface area contributed by atoms with Gasteiger partial charge in [0.25, 0.3) is 0 Å². The largest absolute Gasteiger partial charge is 0.396 e. The van der Waals surface area contributed by atoms with Gasteiger partial charge in [0.15, 0.2) is 0 Å². The summed E-state index contributed by atoms with van der Waals surface area (Å²) in [5, 5.41) is 9.02. The molecule has 3 N–H and O–H groups in total. The van der Waals surface area contributed by atoms with Crippen LogP contribution in [0.1, 0.15) is 12.8 Å². The Hall–Kier alpha value is -0.890. The molecule has 112 valence electrons. The van der Waals surface area contributed by atoms with Crippen molar-refractivity contribution in [2.45, 2.75) is 23.8 Å². The van der Waals surface area contributed by atoms with E-state index >= 15 is 0 Å². The fourth-order valence-electron chi connectivity index (χ4n) is 2.22. The smallest absolute Gasteiger partial charge is 0.244 e. The van der Waals surface area contributed by atoms with Crippen LogP contribution < -0.4 is 5.73 Å². The second-order valence-electron chi connectivity index (χ2n) is 5.08. The molecule has 0 saturated heterocycles. The average Bonchev–Trinajstić information content (AvgIpc) is 2.31. The Labute approximate surface area is 122 Å². The summed E-state index contributed by atoms with van der Waals surface area (Å²) in [5.74, 6) is -0.625. The molecule has 0 radical (unpaired) electrons. The third-order valence-corrected chi connectivity index (χ3v) is 5.75. The van der Waals surface area contributed by atoms with Crippen molar-refractivity contribution < 1.29 is 17.9 Å². The zero-order valence-corrected chi connectivity index (χ0v) is 12.5. The van der Waals surface area contributed by atoms with Crippen LogP contribution in [0.15, 0.2) is 17.0 Å². The third-order valence-electron chi connectivity index (χ3n) is 3.47. The van der Waals surface area contributed by atoms with Crippen LogP contribution in [-0.4, -0.2) is 37.5 Å². The van der Waals surface area contributed by atoms with E-state index < -0.39 is 15.8 Å². The van der Waals surface area contributed by atoms with Gasteiger partial charge in [-0.3, -0.25) is 0 Å². The van der Waals surface area contributed by atoms with Crippen LogP contribution in [0.4, 0.5) is 10.1 Å². The number of nitrogen functional groups attached to an aromatic ring is 1. The maximum absolute atomic E-state index is 13.2. The molecular weight excluding hydrogens is 307 g/mol. The molecule has 0 atom stereocenters. The van der Waals surface area contributed by atoms with Crippen molar-refractivity contribution in [1.29, 1.82) is 0 Å². The van der Waals surface area contributed by atoms with Crippen molar-refractivity contribution in [3.63, 3.8) is 0 Å². The lowest BCUT2D eigenvalue weighted by molar-refractivity contribution is 0.0367. The quantitative estimate of drug-likeness (QED) is 0.822. The minimum atomic E-state index is -3.82. The maximum atomic E-state index is 13.2. The van der Waals surface area contributed by atoms with Crippen molar-refractivity contribution in [2.75, 3.05) is 19.3 Å². The number of aliphatic hydroxyl groups is 1. The number of nitrogens with zero attached hydrogens (tertiary/aromatic N) is 1. The van der Waals surface area contributed by atoms with E-state index in [1.807, 2.05) is 0 Å². The molecule has 5 nitrogen and oxygen atoms in total. The highest BCUT2D eigenvalue weighted by Crippen LogP contribution is 2.32. The second kappa shape index (κ2) is 5.48. The third kappa shape index (κ3) is 2.90. The van der Waals surface area contributed by atoms with E-state index in [4.69, 9.17) is 17.3 Å². The molecule has 0 amide bonds. The fraction of sp³-hybridized carbons (Fsp3) is 0.500. The van der Waals surface area contributed by atoms with Gasteiger partial charge in [0.1, 0.15) is 10.7 Å². The average molecular weight is 323 g/mol. The molecule has 0 unspecified atom stereocenters. The first-order valence-electron chi connectivity index (χ1n) is 6.10. The lowest BCUT2D eigenvalue weighted by Crippen LogP contribution is -2.39. The van der Waals surface area contributed by atoms with E-state index in [-0.39, 0.29) is 34.2 Å². The van der Waals surface area contributed by atoms with Crippen molar-refractivity contribution in [1.82, 2.24) is 4.31 Å². The van der Waals surface area contributed by atoms with Crippen LogP contribution in [0.25, 0.3) is 0 Å². The van der Waals surface area contributed by atoms with Crippen molar-refractivity contribution in [3.05, 3.63) is 23.0 Å². The van der Waals surface area contributed by atoms with Crippen LogP contribution in [0.2, 0.25) is 5.02 Å². The molecule has 1 aromatic rings. The van der Waals surface area contributed by atoms with E-state index in [0.717, 1.165) is 16.4 Å². The summed E-state index contributed by atoms with van der Waals surface area (Å²) in [4.78, 5) is -0.208. The number of anilines is 1. The summed E-state index contributed by atoms with van der Waals surface area (Å²) in [6, 6.07) is 1.92. The topological polar surface area (TPSA) is 83.6 Å². The zero-order valence-electron chi connectivity index (χ0n) is 10.9. The molecule has 1 saturated carbocycles. The highest BCUT2D eigenvalue weighted by Gasteiger charge is 2.32. The second-order valence-corrected chi connectivity index (χ2v) is 7.50. The van der Waals surface area contributed by atoms with Gasteiger partial charge in [-0.1, -0.05) is 11.6 Å². The molecule has 2 rings (SSSR count). The molecule has 1 fully saturated rings. The summed E-state index contributed by atoms with van der Waals surface area (Å²) < 4.78 is 39.1. The summed E-state index contributed by atoms with van der Waals surface area (Å²) in [6.45, 7) is 0.285. The number of aliphatic hydroxyl groups excluding tert-OH is 1. The van der Waals surface area contributed by atoms with Gasteiger partial charge in [0.05, 0.1) is 16.8 Å². The minimum absolute atomic E-state index is 0.126. The van der Waals surface area contributed by atoms with Crippen LogP contribution in [0.5, 0.6) is 0 Å². The molecule has 1 aliphatic carbocycles. The Morgan fingerprint density at radius 1 is 1.50 bits per heavy atom. The molecule has 8 heteroatoms. The highest BCUT2D eigenvalue weighted by molar-refractivity contribution is 7.89. The first-order valence-corrected chi connectivity index (χ1v) is 7.92. The monoisotopic (exact) mass is 322 g/mol. The molecule has 0 aromatic heterocycles. The fourth-order valence-corrected chi connectivity index (χ4v) is 3.99. The van der Waals surface area contributed by atoms with E-state index in [1.165, 1.54) is 7.05 Å². The highest BCUT2D eigenvalue weighted by atomic mass is 35.5. The van der Waals surface area contributed by atoms with Gasteiger partial charge in [-0.15, -0.1) is 0 Å². The molecule has 0 aliphatic heterocycles. The Morgan fingerprint density at radius 2 is 2.10 bits per heavy atom. The predicted octanol–water partition coefficient (Wildman–Crippen LogP) is 1.45. The first kappa shape index (κ1) is 15.5. The lowest BCUT2D eigenvalue weighted by atomic mass is 9.82. The number of rotatable bonds is 4. The molecule has 1 aromatic carbocycles. The summed E-state index contributed by atoms with van der Waals surface area (Å²) in [6.07, 6.45) is 0.819. The SMILES string of the molecule is CN(CC1CC(O)C1)S(=O)(=O)c1cc(N)c(F)cc1Cl. The zero-order chi connectivity index (χ0) is 15.1. The van der Waals surface area contributed by atoms with E-state index in [9.17, 15) is 17.9 Å². The first-order chi connectivity index (χ1) is 9.21. The Morgan fingerprint density at radius 3 is 2.65 bits per heavy atom. The van der Waals surface area contributed by atoms with Crippen LogP contribution >= 0.6 is 11.6 Å². The van der Waals surface area contributed by atoms with Gasteiger partial charge in [0, 0.05) is 13.6 Å². The van der Waals surface area contributed by atoms with Gasteiger partial charge in [-0.05, 0) is 30.9 Å². The van der Waals surface area contributed by atoms with Gasteiger partial charge >= 0.3 is 0 Å². The van der Waals surface area contributed by atoms with Gasteiger partial charge in [0.2, 0.25) is 10.0 Å². The molecule has 0 spiro atoms. The number of sulfonamides is 1. The normalized spacial score (nSPS) is 22.9. The molecule has 0 bridgehead atoms. The van der Waals surface area contributed by atoms with Gasteiger partial charge in [-0.2, -0.15) is 0 Å². The summed E-state index contributed by atoms with van der Waals surface area (Å²) in [5.41, 5.74) is 5.13. The molecule has 20 heavy (non-hydrogen) atoms. The molecular formula is C12H16ClFN2O3S. The standard InChI is InChI=1S/C12H16ClFN2O3S/c1-16(6-7-2-8(17)3-7)20(18,19)12-5-11(15)10(14)4-9(12)13/h4-5,7-8,17H,2-3,6,15H2,1H3. The van der Waals surface area contributed by atoms with Crippen LogP contribution in [0, 0.1) is 11.7 Å². The maximum Gasteiger partial charge on any atom is 0.244 e. The Bertz CT molecular complexity index is 617. The van der Waals surface area contributed by atoms with Gasteiger partial charge < -0.3 is 10.8 Å². The molecule has 1 aliphatic rings. The van der Waals surface area contributed by atoms with Crippen molar-refractivity contribution in [3.8, 4) is 0 Å². The van der Waals surface area contributed by atoms with E-state index in [2.05, 4.69) is 0 Å². The Kier molecular flexibility index (Phi) is 4.24. The minimum Gasteiger partial charge on any atom is -0.396 e. The summed E-state index contributed by atoms with van der Waals surface area (Å²) in [7, 11) is -2.40.